The molecule has 1 aliphatic rings. The Morgan fingerprint density at radius 1 is 1.41 bits per heavy atom. The van der Waals surface area contributed by atoms with Crippen molar-refractivity contribution in [1.29, 1.82) is 0 Å². The Morgan fingerprint density at radius 3 is 3.05 bits per heavy atom. The van der Waals surface area contributed by atoms with E-state index in [-0.39, 0.29) is 0 Å². The molecule has 1 atom stereocenters. The van der Waals surface area contributed by atoms with Crippen LogP contribution in [0.15, 0.2) is 17.6 Å². The van der Waals surface area contributed by atoms with Crippen LogP contribution in [0.5, 0.6) is 0 Å². The minimum Gasteiger partial charge on any atom is -0.316 e. The molecule has 1 aliphatic heterocycles. The van der Waals surface area contributed by atoms with Crippen molar-refractivity contribution in [2.24, 2.45) is 7.05 Å². The zero-order valence-corrected chi connectivity index (χ0v) is 14.1. The summed E-state index contributed by atoms with van der Waals surface area (Å²) in [6, 6.07) is 0. The Balaban J connectivity index is 1.49. The molecular weight excluding hydrogens is 296 g/mol. The Hall–Kier alpha value is -1.34. The van der Waals surface area contributed by atoms with Crippen LogP contribution in [0.2, 0.25) is 0 Å². The minimum absolute atomic E-state index is 0.507. The van der Waals surface area contributed by atoms with Gasteiger partial charge in [0.1, 0.15) is 5.82 Å². The summed E-state index contributed by atoms with van der Waals surface area (Å²) in [6.45, 7) is 5.18. The molecule has 0 radical (unpaired) electrons. The van der Waals surface area contributed by atoms with Crippen LogP contribution in [0.4, 0.5) is 0 Å². The van der Waals surface area contributed by atoms with Crippen molar-refractivity contribution < 1.29 is 0 Å². The van der Waals surface area contributed by atoms with E-state index in [1.165, 1.54) is 18.4 Å². The van der Waals surface area contributed by atoms with Crippen LogP contribution >= 0.6 is 11.8 Å². The van der Waals surface area contributed by atoms with E-state index in [1.54, 1.807) is 11.8 Å². The highest BCUT2D eigenvalue weighted by atomic mass is 32.2. The lowest BCUT2D eigenvalue weighted by atomic mass is 9.99. The highest BCUT2D eigenvalue weighted by molar-refractivity contribution is 7.99. The van der Waals surface area contributed by atoms with Gasteiger partial charge in [-0.15, -0.1) is 10.2 Å². The molecule has 7 heteroatoms. The second kappa shape index (κ2) is 7.28. The first kappa shape index (κ1) is 15.6. The summed E-state index contributed by atoms with van der Waals surface area (Å²) in [7, 11) is 2.09. The molecule has 0 saturated carbocycles. The Bertz CT molecular complexity index is 599. The Morgan fingerprint density at radius 2 is 2.32 bits per heavy atom. The first-order valence-electron chi connectivity index (χ1n) is 7.96. The third-order valence-corrected chi connectivity index (χ3v) is 5.16. The molecule has 2 aromatic rings. The molecule has 0 amide bonds. The van der Waals surface area contributed by atoms with Crippen LogP contribution in [0, 0.1) is 6.92 Å². The zero-order chi connectivity index (χ0) is 15.4. The molecule has 6 nitrogen and oxygen atoms in total. The average Bonchev–Trinajstić information content (AvgIpc) is 3.11. The summed E-state index contributed by atoms with van der Waals surface area (Å²) in [5.41, 5.74) is 1.21. The number of piperidine rings is 1. The predicted octanol–water partition coefficient (Wildman–Crippen LogP) is 1.97. The molecule has 120 valence electrons. The van der Waals surface area contributed by atoms with Gasteiger partial charge in [-0.1, -0.05) is 11.8 Å². The van der Waals surface area contributed by atoms with Gasteiger partial charge in [0.05, 0.1) is 6.20 Å². The van der Waals surface area contributed by atoms with E-state index in [0.29, 0.717) is 5.92 Å². The quantitative estimate of drug-likeness (QED) is 0.651. The van der Waals surface area contributed by atoms with Gasteiger partial charge in [-0.25, -0.2) is 0 Å². The Kier molecular flexibility index (Phi) is 5.15. The van der Waals surface area contributed by atoms with Crippen molar-refractivity contribution in [3.8, 4) is 0 Å². The lowest BCUT2D eigenvalue weighted by Gasteiger charge is -2.21. The highest BCUT2D eigenvalue weighted by Crippen LogP contribution is 2.25. The smallest absolute Gasteiger partial charge is 0.190 e. The topological polar surface area (TPSA) is 60.6 Å². The fourth-order valence-corrected chi connectivity index (χ4v) is 3.70. The van der Waals surface area contributed by atoms with E-state index in [9.17, 15) is 0 Å². The average molecular weight is 320 g/mol. The predicted molar refractivity (Wildman–Crippen MR) is 88.2 cm³/mol. The normalized spacial score (nSPS) is 18.7. The molecule has 0 aliphatic carbocycles. The fourth-order valence-electron chi connectivity index (χ4n) is 2.86. The van der Waals surface area contributed by atoms with Gasteiger partial charge in [-0.3, -0.25) is 4.68 Å². The largest absolute Gasteiger partial charge is 0.316 e. The maximum atomic E-state index is 4.41. The molecular formula is C15H24N6S. The maximum absolute atomic E-state index is 4.41. The van der Waals surface area contributed by atoms with E-state index < -0.39 is 0 Å². The Labute approximate surface area is 135 Å². The van der Waals surface area contributed by atoms with Gasteiger partial charge in [0.25, 0.3) is 0 Å². The van der Waals surface area contributed by atoms with Crippen LogP contribution in [0.1, 0.15) is 36.6 Å². The number of rotatable bonds is 6. The molecule has 1 unspecified atom stereocenters. The van der Waals surface area contributed by atoms with Gasteiger partial charge >= 0.3 is 0 Å². The number of aromatic nitrogens is 5. The van der Waals surface area contributed by atoms with Crippen molar-refractivity contribution in [1.82, 2.24) is 29.9 Å². The first-order chi connectivity index (χ1) is 10.7. The molecule has 0 bridgehead atoms. The summed E-state index contributed by atoms with van der Waals surface area (Å²) in [5.74, 6) is 2.67. The SMILES string of the molecule is Cc1cnn(CCCSc2nnc(C3CCCNC3)n2C)c1. The molecule has 3 rings (SSSR count). The molecule has 2 aromatic heterocycles. The molecule has 22 heavy (non-hydrogen) atoms. The van der Waals surface area contributed by atoms with Gasteiger partial charge in [-0.2, -0.15) is 5.10 Å². The van der Waals surface area contributed by atoms with Crippen LogP contribution in [-0.4, -0.2) is 43.4 Å². The summed E-state index contributed by atoms with van der Waals surface area (Å²) < 4.78 is 4.17. The number of thioether (sulfide) groups is 1. The molecule has 1 saturated heterocycles. The van der Waals surface area contributed by atoms with E-state index >= 15 is 0 Å². The van der Waals surface area contributed by atoms with E-state index in [2.05, 4.69) is 45.3 Å². The molecule has 1 N–H and O–H groups in total. The third-order valence-electron chi connectivity index (χ3n) is 4.06. The second-order valence-corrected chi connectivity index (χ2v) is 6.99. The van der Waals surface area contributed by atoms with Crippen molar-refractivity contribution >= 4 is 11.8 Å². The number of hydrogen-bond donors (Lipinski definition) is 1. The van der Waals surface area contributed by atoms with Gasteiger partial charge in [0.2, 0.25) is 0 Å². The van der Waals surface area contributed by atoms with Crippen molar-refractivity contribution in [3.05, 3.63) is 23.8 Å². The lowest BCUT2D eigenvalue weighted by molar-refractivity contribution is 0.436. The van der Waals surface area contributed by atoms with Crippen LogP contribution in [-0.2, 0) is 13.6 Å². The minimum atomic E-state index is 0.507. The number of hydrogen-bond acceptors (Lipinski definition) is 5. The van der Waals surface area contributed by atoms with Crippen LogP contribution in [0.3, 0.4) is 0 Å². The van der Waals surface area contributed by atoms with Gasteiger partial charge in [0, 0.05) is 38.0 Å². The second-order valence-electron chi connectivity index (χ2n) is 5.93. The number of nitrogens with zero attached hydrogens (tertiary/aromatic N) is 5. The van der Waals surface area contributed by atoms with E-state index in [0.717, 1.165) is 42.8 Å². The lowest BCUT2D eigenvalue weighted by Crippen LogP contribution is -2.29. The van der Waals surface area contributed by atoms with Crippen molar-refractivity contribution in [3.63, 3.8) is 0 Å². The monoisotopic (exact) mass is 320 g/mol. The van der Waals surface area contributed by atoms with Gasteiger partial charge in [-0.05, 0) is 38.3 Å². The van der Waals surface area contributed by atoms with Crippen molar-refractivity contribution in [2.45, 2.75) is 43.8 Å². The third kappa shape index (κ3) is 3.70. The van der Waals surface area contributed by atoms with E-state index in [4.69, 9.17) is 0 Å². The molecule has 0 aromatic carbocycles. The van der Waals surface area contributed by atoms with Crippen LogP contribution < -0.4 is 5.32 Å². The number of aryl methyl sites for hydroxylation is 2. The summed E-state index contributed by atoms with van der Waals surface area (Å²) in [5, 5.41) is 17.6. The first-order valence-corrected chi connectivity index (χ1v) is 8.94. The number of nitrogens with one attached hydrogen (secondary N) is 1. The zero-order valence-electron chi connectivity index (χ0n) is 13.3. The molecule has 0 spiro atoms. The highest BCUT2D eigenvalue weighted by Gasteiger charge is 2.21. The van der Waals surface area contributed by atoms with Crippen molar-refractivity contribution in [2.75, 3.05) is 18.8 Å². The molecule has 1 fully saturated rings. The molecule has 3 heterocycles. The van der Waals surface area contributed by atoms with Gasteiger partial charge in [0.15, 0.2) is 5.16 Å². The summed E-state index contributed by atoms with van der Waals surface area (Å²) in [6.07, 6.45) is 7.51. The van der Waals surface area contributed by atoms with E-state index in [1.807, 2.05) is 10.9 Å². The summed E-state index contributed by atoms with van der Waals surface area (Å²) >= 11 is 1.79. The maximum Gasteiger partial charge on any atom is 0.190 e. The standard InChI is InChI=1S/C15H24N6S/c1-12-9-17-21(11-12)7-4-8-22-15-19-18-14(20(15)2)13-5-3-6-16-10-13/h9,11,13,16H,3-8,10H2,1-2H3. The fraction of sp³-hybridized carbons (Fsp3) is 0.667. The van der Waals surface area contributed by atoms with Gasteiger partial charge < -0.3 is 9.88 Å². The summed E-state index contributed by atoms with van der Waals surface area (Å²) in [4.78, 5) is 0. The van der Waals surface area contributed by atoms with Crippen LogP contribution in [0.25, 0.3) is 0 Å².